The highest BCUT2D eigenvalue weighted by atomic mass is 16.2. The molecule has 2 heterocycles. The third-order valence-corrected chi connectivity index (χ3v) is 4.95. The van der Waals surface area contributed by atoms with Gasteiger partial charge in [0, 0.05) is 23.8 Å². The largest absolute Gasteiger partial charge is 0.273 e. The minimum Gasteiger partial charge on any atom is -0.273 e. The van der Waals surface area contributed by atoms with Gasteiger partial charge in [-0.3, -0.25) is 20.0 Å². The number of rotatable bonds is 4. The molecule has 2 aliphatic rings. The van der Waals surface area contributed by atoms with Crippen molar-refractivity contribution in [2.75, 3.05) is 0 Å². The lowest BCUT2D eigenvalue weighted by Gasteiger charge is -2.26. The maximum absolute atomic E-state index is 12.1. The molecule has 2 atom stereocenters. The Kier molecular flexibility index (Phi) is 4.06. The molecule has 2 fully saturated rings. The molecule has 0 radical (unpaired) electrons. The fourth-order valence-electron chi connectivity index (χ4n) is 3.82. The van der Waals surface area contributed by atoms with E-state index in [4.69, 9.17) is 0 Å². The van der Waals surface area contributed by atoms with E-state index in [1.807, 2.05) is 26.0 Å². The zero-order chi connectivity index (χ0) is 18.3. The molecule has 0 unspecified atom stereocenters. The van der Waals surface area contributed by atoms with Gasteiger partial charge in [0.15, 0.2) is 5.82 Å². The highest BCUT2D eigenvalue weighted by Gasteiger charge is 2.45. The first-order valence-corrected chi connectivity index (χ1v) is 8.81. The summed E-state index contributed by atoms with van der Waals surface area (Å²) >= 11 is 0. The Hall–Kier alpha value is -2.96. The molecule has 7 heteroatoms. The van der Waals surface area contributed by atoms with Gasteiger partial charge in [-0.1, -0.05) is 17.2 Å². The van der Waals surface area contributed by atoms with Crippen molar-refractivity contribution in [1.82, 2.24) is 25.2 Å². The number of fused-ring (bicyclic) bond motifs is 2. The third kappa shape index (κ3) is 3.12. The van der Waals surface area contributed by atoms with Crippen LogP contribution in [0.15, 0.2) is 30.6 Å². The molecule has 1 saturated heterocycles. The Morgan fingerprint density at radius 3 is 2.69 bits per heavy atom. The van der Waals surface area contributed by atoms with Gasteiger partial charge >= 0.3 is 0 Å². The minimum absolute atomic E-state index is 0.0286. The van der Waals surface area contributed by atoms with Crippen molar-refractivity contribution in [3.05, 3.63) is 41.7 Å². The van der Waals surface area contributed by atoms with Gasteiger partial charge < -0.3 is 0 Å². The third-order valence-electron chi connectivity index (χ3n) is 4.95. The van der Waals surface area contributed by atoms with Crippen molar-refractivity contribution < 1.29 is 9.59 Å². The molecule has 1 saturated carbocycles. The lowest BCUT2D eigenvalue weighted by Crippen LogP contribution is -2.49. The van der Waals surface area contributed by atoms with E-state index in [0.717, 1.165) is 36.0 Å². The number of carbonyl (C=O) groups is 2. The maximum Gasteiger partial charge on any atom is 0.264 e. The molecule has 1 aromatic heterocycles. The summed E-state index contributed by atoms with van der Waals surface area (Å²) in [5.41, 5.74) is 5.92. The van der Waals surface area contributed by atoms with Gasteiger partial charge in [-0.05, 0) is 45.2 Å². The summed E-state index contributed by atoms with van der Waals surface area (Å²) in [6.07, 6.45) is 7.20. The summed E-state index contributed by atoms with van der Waals surface area (Å²) in [6, 6.07) is 6.29. The molecule has 2 amide bonds. The molecule has 4 rings (SSSR count). The molecule has 26 heavy (non-hydrogen) atoms. The van der Waals surface area contributed by atoms with E-state index in [1.165, 1.54) is 22.0 Å². The highest BCUT2D eigenvalue weighted by molar-refractivity contribution is 5.92. The van der Waals surface area contributed by atoms with E-state index in [1.54, 1.807) is 6.33 Å². The molecule has 1 aliphatic heterocycles. The van der Waals surface area contributed by atoms with Crippen molar-refractivity contribution in [1.29, 1.82) is 0 Å². The first-order valence-electron chi connectivity index (χ1n) is 8.81. The molecule has 2 bridgehead atoms. The van der Waals surface area contributed by atoms with E-state index in [0.29, 0.717) is 5.82 Å². The van der Waals surface area contributed by atoms with Gasteiger partial charge in [0.2, 0.25) is 5.91 Å². The highest BCUT2D eigenvalue weighted by Crippen LogP contribution is 2.37. The van der Waals surface area contributed by atoms with Crippen LogP contribution < -0.4 is 5.43 Å². The lowest BCUT2D eigenvalue weighted by atomic mass is 10.1. The number of hydrogen-bond acceptors (Lipinski definition) is 4. The zero-order valence-corrected chi connectivity index (χ0v) is 14.8. The van der Waals surface area contributed by atoms with Gasteiger partial charge in [0.05, 0.1) is 6.04 Å². The number of benzene rings is 1. The number of hydrazine groups is 1. The smallest absolute Gasteiger partial charge is 0.264 e. The number of nitrogens with one attached hydrogen (secondary N) is 1. The molecule has 7 nitrogen and oxygen atoms in total. The quantitative estimate of drug-likeness (QED) is 0.855. The van der Waals surface area contributed by atoms with Crippen LogP contribution in [0.2, 0.25) is 0 Å². The van der Waals surface area contributed by atoms with Crippen LogP contribution in [0.25, 0.3) is 17.6 Å². The van der Waals surface area contributed by atoms with Crippen LogP contribution in [0.4, 0.5) is 0 Å². The van der Waals surface area contributed by atoms with Gasteiger partial charge in [0.25, 0.3) is 5.91 Å². The van der Waals surface area contributed by atoms with Crippen LogP contribution in [0.5, 0.6) is 0 Å². The number of hydrogen-bond donors (Lipinski definition) is 1. The Balaban J connectivity index is 1.42. The average Bonchev–Trinajstić information content (AvgIpc) is 3.30. The van der Waals surface area contributed by atoms with Crippen molar-refractivity contribution in [3.8, 4) is 11.4 Å². The van der Waals surface area contributed by atoms with E-state index in [2.05, 4.69) is 21.6 Å². The second-order valence-electron chi connectivity index (χ2n) is 7.09. The Morgan fingerprint density at radius 2 is 2.00 bits per heavy atom. The summed E-state index contributed by atoms with van der Waals surface area (Å²) in [5, 5.41) is 5.87. The molecule has 134 valence electrons. The van der Waals surface area contributed by atoms with Crippen LogP contribution in [-0.4, -0.2) is 37.6 Å². The summed E-state index contributed by atoms with van der Waals surface area (Å²) in [7, 11) is 0. The fraction of sp³-hybridized carbons (Fsp3) is 0.368. The molecule has 1 aromatic carbocycles. The second kappa shape index (κ2) is 6.40. The first-order chi connectivity index (χ1) is 12.5. The second-order valence-corrected chi connectivity index (χ2v) is 7.09. The molecule has 1 N–H and O–H groups in total. The minimum atomic E-state index is -0.339. The van der Waals surface area contributed by atoms with E-state index >= 15 is 0 Å². The number of nitrogens with zero attached hydrogens (tertiary/aromatic N) is 4. The van der Waals surface area contributed by atoms with Crippen molar-refractivity contribution in [2.45, 2.75) is 39.2 Å². The van der Waals surface area contributed by atoms with E-state index in [-0.39, 0.29) is 23.8 Å². The maximum atomic E-state index is 12.1. The van der Waals surface area contributed by atoms with Gasteiger partial charge in [0.1, 0.15) is 6.33 Å². The molecular formula is C19H21N5O2. The molecule has 0 spiro atoms. The topological polar surface area (TPSA) is 80.1 Å². The van der Waals surface area contributed by atoms with Crippen molar-refractivity contribution >= 4 is 18.0 Å². The predicted octanol–water partition coefficient (Wildman–Crippen LogP) is 2.07. The van der Waals surface area contributed by atoms with Crippen LogP contribution in [0.3, 0.4) is 0 Å². The first kappa shape index (κ1) is 16.5. The van der Waals surface area contributed by atoms with Gasteiger partial charge in [-0.25, -0.2) is 9.67 Å². The fourth-order valence-corrected chi connectivity index (χ4v) is 3.82. The monoisotopic (exact) mass is 351 g/mol. The summed E-state index contributed by atoms with van der Waals surface area (Å²) in [4.78, 5) is 28.5. The summed E-state index contributed by atoms with van der Waals surface area (Å²) in [6.45, 7) is 4.06. The van der Waals surface area contributed by atoms with Crippen LogP contribution in [0.1, 0.15) is 30.4 Å². The number of amides is 2. The predicted molar refractivity (Wildman–Crippen MR) is 96.4 cm³/mol. The number of aryl methyl sites for hydroxylation is 2. The standard InChI is InChI=1S/C19H21N5O2/c1-12-7-13(2)9-15(8-12)18-20-11-23(22-18)6-5-17(25)21-24-16-4-3-14(10-16)19(24)26/h5-9,11,14,16H,3-4,10H2,1-2H3,(H,21,25)/b6-5-/t14-,16+/m1/s1. The van der Waals surface area contributed by atoms with Crippen LogP contribution in [-0.2, 0) is 9.59 Å². The Morgan fingerprint density at radius 1 is 1.23 bits per heavy atom. The molecular weight excluding hydrogens is 330 g/mol. The normalized spacial score (nSPS) is 21.8. The summed E-state index contributed by atoms with van der Waals surface area (Å²) < 4.78 is 1.49. The Labute approximate surface area is 151 Å². The van der Waals surface area contributed by atoms with Gasteiger partial charge in [-0.15, -0.1) is 5.10 Å². The number of carbonyl (C=O) groups excluding carboxylic acids is 2. The van der Waals surface area contributed by atoms with Gasteiger partial charge in [-0.2, -0.15) is 0 Å². The van der Waals surface area contributed by atoms with E-state index in [9.17, 15) is 9.59 Å². The number of piperidine rings is 1. The van der Waals surface area contributed by atoms with Crippen molar-refractivity contribution in [3.63, 3.8) is 0 Å². The zero-order valence-electron chi connectivity index (χ0n) is 14.8. The summed E-state index contributed by atoms with van der Waals surface area (Å²) in [5.74, 6) is 0.379. The average molecular weight is 351 g/mol. The Bertz CT molecular complexity index is 881. The van der Waals surface area contributed by atoms with Crippen LogP contribution >= 0.6 is 0 Å². The number of aromatic nitrogens is 3. The SMILES string of the molecule is Cc1cc(C)cc(-c2ncn(/C=C\C(=O)NN3C(=O)[C@@H]4CC[C@H]3C4)n2)c1. The lowest BCUT2D eigenvalue weighted by molar-refractivity contribution is -0.142. The van der Waals surface area contributed by atoms with Crippen LogP contribution in [0, 0.1) is 19.8 Å². The molecule has 2 aromatic rings. The van der Waals surface area contributed by atoms with Crippen molar-refractivity contribution in [2.24, 2.45) is 5.92 Å². The molecule has 1 aliphatic carbocycles. The van der Waals surface area contributed by atoms with E-state index < -0.39 is 0 Å².